The highest BCUT2D eigenvalue weighted by Gasteiger charge is 2.13. The lowest BCUT2D eigenvalue weighted by molar-refractivity contribution is 0.592. The smallest absolute Gasteiger partial charge is 0.115 e. The van der Waals surface area contributed by atoms with E-state index in [1.807, 2.05) is 0 Å². The van der Waals surface area contributed by atoms with E-state index in [9.17, 15) is 0 Å². The van der Waals surface area contributed by atoms with Crippen molar-refractivity contribution in [1.82, 2.24) is 9.55 Å². The van der Waals surface area contributed by atoms with Gasteiger partial charge in [0.1, 0.15) is 5.82 Å². The Labute approximate surface area is 111 Å². The number of imidazole rings is 1. The average Bonchev–Trinajstić information content (AvgIpc) is 2.95. The summed E-state index contributed by atoms with van der Waals surface area (Å²) in [6, 6.07) is 13.1. The van der Waals surface area contributed by atoms with Crippen LogP contribution in [0.4, 0.5) is 0 Å². The van der Waals surface area contributed by atoms with Crippen molar-refractivity contribution < 1.29 is 0 Å². The number of benzene rings is 1. The maximum Gasteiger partial charge on any atom is 0.115 e. The second-order valence-electron chi connectivity index (χ2n) is 4.74. The highest BCUT2D eigenvalue weighted by Crippen LogP contribution is 2.23. The van der Waals surface area contributed by atoms with Gasteiger partial charge in [-0.2, -0.15) is 0 Å². The molecule has 18 heavy (non-hydrogen) atoms. The van der Waals surface area contributed by atoms with Crippen LogP contribution in [0.15, 0.2) is 41.8 Å². The molecule has 2 nitrogen and oxygen atoms in total. The first-order valence-electron chi connectivity index (χ1n) is 6.24. The zero-order valence-corrected chi connectivity index (χ0v) is 11.4. The number of aromatic nitrogens is 2. The van der Waals surface area contributed by atoms with Gasteiger partial charge in [-0.1, -0.05) is 18.2 Å². The summed E-state index contributed by atoms with van der Waals surface area (Å²) >= 11 is 1.79. The molecule has 0 N–H and O–H groups in total. The summed E-state index contributed by atoms with van der Waals surface area (Å²) in [7, 11) is 0. The molecule has 0 fully saturated rings. The molecular weight excluding hydrogens is 240 g/mol. The van der Waals surface area contributed by atoms with Crippen molar-refractivity contribution in [3.8, 4) is 0 Å². The first-order valence-corrected chi connectivity index (χ1v) is 7.12. The van der Waals surface area contributed by atoms with E-state index in [1.165, 1.54) is 10.4 Å². The van der Waals surface area contributed by atoms with Crippen molar-refractivity contribution in [1.29, 1.82) is 0 Å². The largest absolute Gasteiger partial charge is 0.325 e. The Bertz CT molecular complexity index is 650. The van der Waals surface area contributed by atoms with Gasteiger partial charge in [0.25, 0.3) is 0 Å². The number of thiophene rings is 1. The molecule has 1 aromatic carbocycles. The predicted octanol–water partition coefficient (Wildman–Crippen LogP) is 4.27. The molecule has 2 heterocycles. The molecule has 0 bridgehead atoms. The minimum atomic E-state index is 0.437. The molecule has 0 aliphatic rings. The van der Waals surface area contributed by atoms with Gasteiger partial charge >= 0.3 is 0 Å². The van der Waals surface area contributed by atoms with Crippen molar-refractivity contribution in [3.05, 3.63) is 52.5 Å². The number of fused-ring (bicyclic) bond motifs is 1. The zero-order chi connectivity index (χ0) is 12.5. The third kappa shape index (κ3) is 1.95. The Hall–Kier alpha value is -1.61. The molecule has 3 heteroatoms. The van der Waals surface area contributed by atoms with E-state index in [0.29, 0.717) is 6.04 Å². The van der Waals surface area contributed by atoms with Gasteiger partial charge in [0.2, 0.25) is 0 Å². The van der Waals surface area contributed by atoms with E-state index in [0.717, 1.165) is 17.8 Å². The van der Waals surface area contributed by atoms with Crippen LogP contribution in [0.25, 0.3) is 11.0 Å². The number of rotatable bonds is 3. The predicted molar refractivity (Wildman–Crippen MR) is 77.2 cm³/mol. The average molecular weight is 256 g/mol. The van der Waals surface area contributed by atoms with Crippen LogP contribution in [-0.4, -0.2) is 9.55 Å². The molecule has 0 spiro atoms. The van der Waals surface area contributed by atoms with Crippen molar-refractivity contribution in [2.24, 2.45) is 0 Å². The lowest BCUT2D eigenvalue weighted by Crippen LogP contribution is -2.06. The fraction of sp³-hybridized carbons (Fsp3) is 0.267. The van der Waals surface area contributed by atoms with E-state index in [1.54, 1.807) is 11.3 Å². The van der Waals surface area contributed by atoms with Gasteiger partial charge < -0.3 is 4.57 Å². The molecule has 92 valence electrons. The Morgan fingerprint density at radius 2 is 2.00 bits per heavy atom. The molecule has 0 atom stereocenters. The SMILES string of the molecule is CC(C)n1c(Cc2cccs2)nc2ccccc21. The summed E-state index contributed by atoms with van der Waals surface area (Å²) in [5, 5.41) is 2.12. The van der Waals surface area contributed by atoms with E-state index >= 15 is 0 Å². The molecule has 0 saturated carbocycles. The summed E-state index contributed by atoms with van der Waals surface area (Å²) in [6.45, 7) is 4.43. The minimum Gasteiger partial charge on any atom is -0.325 e. The van der Waals surface area contributed by atoms with Crippen LogP contribution >= 0.6 is 11.3 Å². The van der Waals surface area contributed by atoms with E-state index in [4.69, 9.17) is 4.98 Å². The number of hydrogen-bond donors (Lipinski definition) is 0. The molecule has 0 aliphatic carbocycles. The molecule has 0 amide bonds. The normalized spacial score (nSPS) is 11.5. The van der Waals surface area contributed by atoms with Crippen LogP contribution in [-0.2, 0) is 6.42 Å². The van der Waals surface area contributed by atoms with Gasteiger partial charge in [-0.25, -0.2) is 4.98 Å². The Morgan fingerprint density at radius 1 is 1.17 bits per heavy atom. The van der Waals surface area contributed by atoms with Gasteiger partial charge in [-0.15, -0.1) is 11.3 Å². The van der Waals surface area contributed by atoms with Crippen molar-refractivity contribution >= 4 is 22.4 Å². The van der Waals surface area contributed by atoms with Gasteiger partial charge in [-0.3, -0.25) is 0 Å². The molecular formula is C15H16N2S. The number of nitrogens with zero attached hydrogens (tertiary/aromatic N) is 2. The van der Waals surface area contributed by atoms with E-state index < -0.39 is 0 Å². The lowest BCUT2D eigenvalue weighted by atomic mass is 10.2. The van der Waals surface area contributed by atoms with Crippen molar-refractivity contribution in [3.63, 3.8) is 0 Å². The number of hydrogen-bond acceptors (Lipinski definition) is 2. The van der Waals surface area contributed by atoms with E-state index in [-0.39, 0.29) is 0 Å². The summed E-state index contributed by atoms with van der Waals surface area (Å²) in [5.74, 6) is 1.16. The van der Waals surface area contributed by atoms with Crippen LogP contribution in [0.3, 0.4) is 0 Å². The topological polar surface area (TPSA) is 17.8 Å². The third-order valence-corrected chi connectivity index (χ3v) is 3.97. The molecule has 0 unspecified atom stereocenters. The van der Waals surface area contributed by atoms with Gasteiger partial charge in [0.15, 0.2) is 0 Å². The molecule has 0 saturated heterocycles. The van der Waals surface area contributed by atoms with Crippen LogP contribution in [0.5, 0.6) is 0 Å². The molecule has 0 aliphatic heterocycles. The second-order valence-corrected chi connectivity index (χ2v) is 5.77. The van der Waals surface area contributed by atoms with Crippen LogP contribution < -0.4 is 0 Å². The van der Waals surface area contributed by atoms with Crippen molar-refractivity contribution in [2.75, 3.05) is 0 Å². The molecule has 2 aromatic heterocycles. The standard InChI is InChI=1S/C15H16N2S/c1-11(2)17-14-8-4-3-7-13(14)16-15(17)10-12-6-5-9-18-12/h3-9,11H,10H2,1-2H3. The fourth-order valence-corrected chi connectivity index (χ4v) is 3.07. The molecule has 3 rings (SSSR count). The summed E-state index contributed by atoms with van der Waals surface area (Å²) in [4.78, 5) is 6.15. The second kappa shape index (κ2) is 4.58. The number of para-hydroxylation sites is 2. The minimum absolute atomic E-state index is 0.437. The van der Waals surface area contributed by atoms with Gasteiger partial charge in [0.05, 0.1) is 11.0 Å². The maximum absolute atomic E-state index is 4.78. The van der Waals surface area contributed by atoms with Gasteiger partial charge in [0, 0.05) is 17.3 Å². The summed E-state index contributed by atoms with van der Waals surface area (Å²) in [5.41, 5.74) is 2.33. The summed E-state index contributed by atoms with van der Waals surface area (Å²) in [6.07, 6.45) is 0.921. The third-order valence-electron chi connectivity index (χ3n) is 3.10. The monoisotopic (exact) mass is 256 g/mol. The first-order chi connectivity index (χ1) is 8.75. The van der Waals surface area contributed by atoms with E-state index in [2.05, 4.69) is 60.2 Å². The van der Waals surface area contributed by atoms with Gasteiger partial charge in [-0.05, 0) is 37.4 Å². The Kier molecular flexibility index (Phi) is 2.92. The zero-order valence-electron chi connectivity index (χ0n) is 10.6. The van der Waals surface area contributed by atoms with Crippen LogP contribution in [0.2, 0.25) is 0 Å². The van der Waals surface area contributed by atoms with Crippen molar-refractivity contribution in [2.45, 2.75) is 26.3 Å². The molecule has 0 radical (unpaired) electrons. The first kappa shape index (κ1) is 11.5. The lowest BCUT2D eigenvalue weighted by Gasteiger charge is -2.12. The van der Waals surface area contributed by atoms with Crippen LogP contribution in [0.1, 0.15) is 30.6 Å². The fourth-order valence-electron chi connectivity index (χ4n) is 2.36. The highest BCUT2D eigenvalue weighted by atomic mass is 32.1. The Morgan fingerprint density at radius 3 is 2.72 bits per heavy atom. The maximum atomic E-state index is 4.78. The molecule has 3 aromatic rings. The quantitative estimate of drug-likeness (QED) is 0.684. The van der Waals surface area contributed by atoms with Crippen LogP contribution in [0, 0.1) is 0 Å². The summed E-state index contributed by atoms with van der Waals surface area (Å²) < 4.78 is 2.34. The highest BCUT2D eigenvalue weighted by molar-refractivity contribution is 7.09. The Balaban J connectivity index is 2.13.